The SMILES string of the molecule is CCCC(=O)Nc1ccccc1Cc1ccccc1. The molecule has 0 saturated heterocycles. The number of nitrogens with one attached hydrogen (secondary N) is 1. The lowest BCUT2D eigenvalue weighted by Gasteiger charge is -2.11. The fourth-order valence-electron chi connectivity index (χ4n) is 2.05. The summed E-state index contributed by atoms with van der Waals surface area (Å²) in [7, 11) is 0. The second-order valence-corrected chi connectivity index (χ2v) is 4.62. The maximum absolute atomic E-state index is 11.7. The smallest absolute Gasteiger partial charge is 0.224 e. The minimum absolute atomic E-state index is 0.0861. The number of carbonyl (C=O) groups excluding carboxylic acids is 1. The molecule has 0 aliphatic heterocycles. The molecule has 0 aliphatic carbocycles. The zero-order chi connectivity index (χ0) is 13.5. The van der Waals surface area contributed by atoms with E-state index in [0.29, 0.717) is 6.42 Å². The Morgan fingerprint density at radius 1 is 1.00 bits per heavy atom. The Morgan fingerprint density at radius 2 is 1.68 bits per heavy atom. The lowest BCUT2D eigenvalue weighted by molar-refractivity contribution is -0.116. The van der Waals surface area contributed by atoms with Crippen LogP contribution in [-0.4, -0.2) is 5.91 Å². The minimum atomic E-state index is 0.0861. The molecule has 2 nitrogen and oxygen atoms in total. The zero-order valence-electron chi connectivity index (χ0n) is 11.2. The molecule has 0 unspecified atom stereocenters. The highest BCUT2D eigenvalue weighted by molar-refractivity contribution is 5.91. The van der Waals surface area contributed by atoms with Crippen LogP contribution in [0.3, 0.4) is 0 Å². The van der Waals surface area contributed by atoms with Crippen molar-refractivity contribution in [1.29, 1.82) is 0 Å². The molecule has 1 N–H and O–H groups in total. The van der Waals surface area contributed by atoms with Gasteiger partial charge in [-0.25, -0.2) is 0 Å². The molecule has 19 heavy (non-hydrogen) atoms. The lowest BCUT2D eigenvalue weighted by Crippen LogP contribution is -2.12. The van der Waals surface area contributed by atoms with Crippen LogP contribution < -0.4 is 5.32 Å². The normalized spacial score (nSPS) is 10.2. The van der Waals surface area contributed by atoms with Crippen molar-refractivity contribution in [3.05, 3.63) is 65.7 Å². The number of benzene rings is 2. The van der Waals surface area contributed by atoms with Crippen molar-refractivity contribution in [3.8, 4) is 0 Å². The van der Waals surface area contributed by atoms with Crippen LogP contribution in [0.5, 0.6) is 0 Å². The van der Waals surface area contributed by atoms with Gasteiger partial charge in [-0.05, 0) is 30.0 Å². The van der Waals surface area contributed by atoms with Gasteiger partial charge in [0.25, 0.3) is 0 Å². The summed E-state index contributed by atoms with van der Waals surface area (Å²) in [5, 5.41) is 2.99. The maximum Gasteiger partial charge on any atom is 0.224 e. The minimum Gasteiger partial charge on any atom is -0.326 e. The third-order valence-corrected chi connectivity index (χ3v) is 3.01. The number of amides is 1. The number of hydrogen-bond donors (Lipinski definition) is 1. The van der Waals surface area contributed by atoms with Crippen LogP contribution in [-0.2, 0) is 11.2 Å². The Labute approximate surface area is 114 Å². The fraction of sp³-hybridized carbons (Fsp3) is 0.235. The van der Waals surface area contributed by atoms with E-state index in [9.17, 15) is 4.79 Å². The first-order valence-electron chi connectivity index (χ1n) is 6.71. The van der Waals surface area contributed by atoms with E-state index in [0.717, 1.165) is 24.1 Å². The molecule has 2 heteroatoms. The highest BCUT2D eigenvalue weighted by Crippen LogP contribution is 2.19. The second-order valence-electron chi connectivity index (χ2n) is 4.62. The Morgan fingerprint density at radius 3 is 2.42 bits per heavy atom. The summed E-state index contributed by atoms with van der Waals surface area (Å²) in [6, 6.07) is 18.3. The summed E-state index contributed by atoms with van der Waals surface area (Å²) in [5.41, 5.74) is 3.32. The number of para-hydroxylation sites is 1. The van der Waals surface area contributed by atoms with E-state index in [1.165, 1.54) is 5.56 Å². The summed E-state index contributed by atoms with van der Waals surface area (Å²) in [4.78, 5) is 11.7. The molecule has 2 aromatic carbocycles. The van der Waals surface area contributed by atoms with Crippen LogP contribution in [0.2, 0.25) is 0 Å². The fourth-order valence-corrected chi connectivity index (χ4v) is 2.05. The van der Waals surface area contributed by atoms with Crippen LogP contribution in [0.25, 0.3) is 0 Å². The van der Waals surface area contributed by atoms with Gasteiger partial charge in [0.2, 0.25) is 5.91 Å². The first-order chi connectivity index (χ1) is 9.29. The van der Waals surface area contributed by atoms with E-state index in [-0.39, 0.29) is 5.91 Å². The third kappa shape index (κ3) is 3.95. The quantitative estimate of drug-likeness (QED) is 0.856. The largest absolute Gasteiger partial charge is 0.326 e. The molecule has 0 saturated carbocycles. The number of anilines is 1. The summed E-state index contributed by atoms with van der Waals surface area (Å²) in [6.07, 6.45) is 2.27. The van der Waals surface area contributed by atoms with E-state index < -0.39 is 0 Å². The Bertz CT molecular complexity index is 534. The van der Waals surface area contributed by atoms with Crippen molar-refractivity contribution < 1.29 is 4.79 Å². The van der Waals surface area contributed by atoms with Crippen molar-refractivity contribution in [2.24, 2.45) is 0 Å². The van der Waals surface area contributed by atoms with Crippen LogP contribution >= 0.6 is 0 Å². The molecule has 1 amide bonds. The zero-order valence-corrected chi connectivity index (χ0v) is 11.2. The van der Waals surface area contributed by atoms with Gasteiger partial charge in [-0.3, -0.25) is 4.79 Å². The van der Waals surface area contributed by atoms with Crippen molar-refractivity contribution in [3.63, 3.8) is 0 Å². The molecular weight excluding hydrogens is 234 g/mol. The number of hydrogen-bond acceptors (Lipinski definition) is 1. The van der Waals surface area contributed by atoms with Crippen molar-refractivity contribution in [2.45, 2.75) is 26.2 Å². The van der Waals surface area contributed by atoms with Gasteiger partial charge < -0.3 is 5.32 Å². The van der Waals surface area contributed by atoms with Gasteiger partial charge in [-0.1, -0.05) is 55.5 Å². The van der Waals surface area contributed by atoms with Gasteiger partial charge in [-0.15, -0.1) is 0 Å². The Kier molecular flexibility index (Phi) is 4.73. The molecule has 0 aliphatic rings. The first kappa shape index (κ1) is 13.3. The third-order valence-electron chi connectivity index (χ3n) is 3.01. The highest BCUT2D eigenvalue weighted by Gasteiger charge is 2.06. The van der Waals surface area contributed by atoms with Gasteiger partial charge in [-0.2, -0.15) is 0 Å². The predicted molar refractivity (Wildman–Crippen MR) is 79.2 cm³/mol. The van der Waals surface area contributed by atoms with Gasteiger partial charge in [0, 0.05) is 12.1 Å². The van der Waals surface area contributed by atoms with Crippen LogP contribution in [0.4, 0.5) is 5.69 Å². The van der Waals surface area contributed by atoms with E-state index in [1.54, 1.807) is 0 Å². The molecule has 0 aromatic heterocycles. The summed E-state index contributed by atoms with van der Waals surface area (Å²) >= 11 is 0. The van der Waals surface area contributed by atoms with E-state index in [4.69, 9.17) is 0 Å². The predicted octanol–water partition coefficient (Wildman–Crippen LogP) is 4.02. The number of rotatable bonds is 5. The monoisotopic (exact) mass is 253 g/mol. The van der Waals surface area contributed by atoms with Crippen LogP contribution in [0.15, 0.2) is 54.6 Å². The lowest BCUT2D eigenvalue weighted by atomic mass is 10.0. The molecule has 0 heterocycles. The molecule has 0 bridgehead atoms. The van der Waals surface area contributed by atoms with E-state index in [1.807, 2.05) is 43.3 Å². The molecule has 2 aromatic rings. The number of carbonyl (C=O) groups is 1. The average Bonchev–Trinajstić information content (AvgIpc) is 2.42. The van der Waals surface area contributed by atoms with Crippen molar-refractivity contribution in [1.82, 2.24) is 0 Å². The standard InChI is InChI=1S/C17H19NO/c1-2-8-17(19)18-16-12-7-6-11-15(16)13-14-9-4-3-5-10-14/h3-7,9-12H,2,8,13H2,1H3,(H,18,19). The van der Waals surface area contributed by atoms with E-state index >= 15 is 0 Å². The van der Waals surface area contributed by atoms with Crippen LogP contribution in [0.1, 0.15) is 30.9 Å². The van der Waals surface area contributed by atoms with Gasteiger partial charge >= 0.3 is 0 Å². The molecule has 0 fully saturated rings. The summed E-state index contributed by atoms with van der Waals surface area (Å²) in [5.74, 6) is 0.0861. The van der Waals surface area contributed by atoms with Gasteiger partial charge in [0.1, 0.15) is 0 Å². The Hall–Kier alpha value is -2.09. The molecular formula is C17H19NO. The molecule has 0 spiro atoms. The highest BCUT2D eigenvalue weighted by atomic mass is 16.1. The molecule has 0 radical (unpaired) electrons. The molecule has 2 rings (SSSR count). The van der Waals surface area contributed by atoms with E-state index in [2.05, 4.69) is 23.5 Å². The van der Waals surface area contributed by atoms with Gasteiger partial charge in [0.05, 0.1) is 0 Å². The molecule has 0 atom stereocenters. The molecule has 98 valence electrons. The van der Waals surface area contributed by atoms with Gasteiger partial charge in [0.15, 0.2) is 0 Å². The summed E-state index contributed by atoms with van der Waals surface area (Å²) in [6.45, 7) is 2.01. The second kappa shape index (κ2) is 6.74. The topological polar surface area (TPSA) is 29.1 Å². The summed E-state index contributed by atoms with van der Waals surface area (Å²) < 4.78 is 0. The van der Waals surface area contributed by atoms with Crippen molar-refractivity contribution >= 4 is 11.6 Å². The first-order valence-corrected chi connectivity index (χ1v) is 6.71. The Balaban J connectivity index is 2.14. The average molecular weight is 253 g/mol. The van der Waals surface area contributed by atoms with Crippen LogP contribution in [0, 0.1) is 0 Å². The maximum atomic E-state index is 11.7. The van der Waals surface area contributed by atoms with Crippen molar-refractivity contribution in [2.75, 3.05) is 5.32 Å².